The third kappa shape index (κ3) is 2.23. The molecule has 2 saturated heterocycles. The van der Waals surface area contributed by atoms with Crippen LogP contribution in [0.4, 0.5) is 0 Å². The Morgan fingerprint density at radius 2 is 2.06 bits per heavy atom. The predicted octanol–water partition coefficient (Wildman–Crippen LogP) is 0.681. The molecular formula is C13H22N2O3. The van der Waals surface area contributed by atoms with Crippen molar-refractivity contribution in [1.82, 2.24) is 10.2 Å². The van der Waals surface area contributed by atoms with Crippen LogP contribution in [0.1, 0.15) is 40.5 Å². The molecule has 0 bridgehead atoms. The second-order valence-electron chi connectivity index (χ2n) is 6.13. The monoisotopic (exact) mass is 254 g/mol. The van der Waals surface area contributed by atoms with Gasteiger partial charge in [0.2, 0.25) is 11.8 Å². The number of amides is 2. The molecule has 2 fully saturated rings. The number of piperazine rings is 1. The lowest BCUT2D eigenvalue weighted by atomic mass is 9.94. The van der Waals surface area contributed by atoms with Gasteiger partial charge in [-0.3, -0.25) is 9.59 Å². The number of hydrogen-bond acceptors (Lipinski definition) is 3. The highest BCUT2D eigenvalue weighted by Gasteiger charge is 2.46. The SMILES string of the molecule is CC1C(=O)NC(C)(C)C(=O)N1CC1(C)CCCO1. The average Bonchev–Trinajstić information content (AvgIpc) is 2.69. The Bertz CT molecular complexity index is 372. The van der Waals surface area contributed by atoms with E-state index in [1.165, 1.54) is 0 Å². The van der Waals surface area contributed by atoms with E-state index in [4.69, 9.17) is 4.74 Å². The molecule has 0 aromatic heterocycles. The summed E-state index contributed by atoms with van der Waals surface area (Å²) in [5, 5.41) is 2.75. The summed E-state index contributed by atoms with van der Waals surface area (Å²) in [5.41, 5.74) is -1.13. The van der Waals surface area contributed by atoms with Crippen molar-refractivity contribution >= 4 is 11.8 Å². The standard InChI is InChI=1S/C13H22N2O3/c1-9-10(16)14-12(2,3)11(17)15(9)8-13(4)6-5-7-18-13/h9H,5-8H2,1-4H3,(H,14,16). The molecule has 5 heteroatoms. The molecule has 18 heavy (non-hydrogen) atoms. The highest BCUT2D eigenvalue weighted by atomic mass is 16.5. The lowest BCUT2D eigenvalue weighted by Crippen LogP contribution is -2.68. The van der Waals surface area contributed by atoms with Gasteiger partial charge in [-0.25, -0.2) is 0 Å². The first kappa shape index (κ1) is 13.3. The van der Waals surface area contributed by atoms with Gasteiger partial charge in [0, 0.05) is 6.61 Å². The third-order valence-corrected chi connectivity index (χ3v) is 3.88. The van der Waals surface area contributed by atoms with Crippen molar-refractivity contribution in [3.8, 4) is 0 Å². The zero-order valence-corrected chi connectivity index (χ0v) is 11.6. The largest absolute Gasteiger partial charge is 0.373 e. The van der Waals surface area contributed by atoms with Crippen molar-refractivity contribution in [2.45, 2.75) is 57.7 Å². The van der Waals surface area contributed by atoms with Crippen molar-refractivity contribution in [3.05, 3.63) is 0 Å². The Labute approximate surface area is 108 Å². The van der Waals surface area contributed by atoms with E-state index in [0.29, 0.717) is 6.54 Å². The van der Waals surface area contributed by atoms with E-state index in [1.54, 1.807) is 25.7 Å². The maximum atomic E-state index is 12.4. The van der Waals surface area contributed by atoms with Gasteiger partial charge in [0.05, 0.1) is 12.1 Å². The van der Waals surface area contributed by atoms with Crippen LogP contribution in [0.3, 0.4) is 0 Å². The second-order valence-corrected chi connectivity index (χ2v) is 6.13. The normalized spacial score (nSPS) is 35.8. The Balaban J connectivity index is 2.18. The van der Waals surface area contributed by atoms with E-state index in [9.17, 15) is 9.59 Å². The van der Waals surface area contributed by atoms with Gasteiger partial charge in [-0.15, -0.1) is 0 Å². The summed E-state index contributed by atoms with van der Waals surface area (Å²) in [6.07, 6.45) is 1.95. The molecule has 0 aromatic rings. The number of carbonyl (C=O) groups is 2. The van der Waals surface area contributed by atoms with Crippen LogP contribution < -0.4 is 5.32 Å². The summed E-state index contributed by atoms with van der Waals surface area (Å²) in [6, 6.07) is -0.424. The molecule has 5 nitrogen and oxygen atoms in total. The number of ether oxygens (including phenoxy) is 1. The Hall–Kier alpha value is -1.10. The summed E-state index contributed by atoms with van der Waals surface area (Å²) >= 11 is 0. The Morgan fingerprint density at radius 1 is 1.39 bits per heavy atom. The van der Waals surface area contributed by atoms with Crippen LogP contribution in [-0.2, 0) is 14.3 Å². The zero-order valence-electron chi connectivity index (χ0n) is 11.6. The zero-order chi connectivity index (χ0) is 13.6. The van der Waals surface area contributed by atoms with E-state index < -0.39 is 11.6 Å². The van der Waals surface area contributed by atoms with Crippen LogP contribution in [0, 0.1) is 0 Å². The first-order valence-electron chi connectivity index (χ1n) is 6.52. The summed E-state index contributed by atoms with van der Waals surface area (Å²) < 4.78 is 5.72. The highest BCUT2D eigenvalue weighted by molar-refractivity contribution is 5.99. The van der Waals surface area contributed by atoms with Gasteiger partial charge in [-0.05, 0) is 40.5 Å². The smallest absolute Gasteiger partial charge is 0.248 e. The second kappa shape index (κ2) is 4.23. The minimum absolute atomic E-state index is 0.0358. The fourth-order valence-electron chi connectivity index (χ4n) is 2.67. The number of nitrogens with zero attached hydrogens (tertiary/aromatic N) is 1. The molecule has 2 aliphatic rings. The molecule has 2 atom stereocenters. The molecule has 2 heterocycles. The third-order valence-electron chi connectivity index (χ3n) is 3.88. The van der Waals surface area contributed by atoms with Gasteiger partial charge >= 0.3 is 0 Å². The minimum Gasteiger partial charge on any atom is -0.373 e. The highest BCUT2D eigenvalue weighted by Crippen LogP contribution is 2.29. The summed E-state index contributed by atoms with van der Waals surface area (Å²) in [5.74, 6) is -0.132. The summed E-state index contributed by atoms with van der Waals surface area (Å²) in [7, 11) is 0. The molecule has 2 aliphatic heterocycles. The van der Waals surface area contributed by atoms with Gasteiger partial charge < -0.3 is 15.0 Å². The van der Waals surface area contributed by atoms with E-state index in [1.807, 2.05) is 6.92 Å². The molecule has 0 saturated carbocycles. The molecule has 2 rings (SSSR count). The molecule has 102 valence electrons. The molecule has 1 N–H and O–H groups in total. The van der Waals surface area contributed by atoms with Crippen LogP contribution in [0.5, 0.6) is 0 Å². The molecule has 0 aliphatic carbocycles. The summed E-state index contributed by atoms with van der Waals surface area (Å²) in [6.45, 7) is 8.49. The Kier molecular flexibility index (Phi) is 3.13. The minimum atomic E-state index is -0.821. The summed E-state index contributed by atoms with van der Waals surface area (Å²) in [4.78, 5) is 25.9. The number of rotatable bonds is 2. The van der Waals surface area contributed by atoms with E-state index in [2.05, 4.69) is 5.32 Å². The van der Waals surface area contributed by atoms with Crippen molar-refractivity contribution < 1.29 is 14.3 Å². The van der Waals surface area contributed by atoms with Crippen molar-refractivity contribution in [2.75, 3.05) is 13.2 Å². The van der Waals surface area contributed by atoms with Gasteiger partial charge in [-0.2, -0.15) is 0 Å². The molecule has 2 amide bonds. The van der Waals surface area contributed by atoms with Crippen molar-refractivity contribution in [2.24, 2.45) is 0 Å². The maximum absolute atomic E-state index is 12.4. The van der Waals surface area contributed by atoms with Crippen LogP contribution in [0.15, 0.2) is 0 Å². The average molecular weight is 254 g/mol. The molecular weight excluding hydrogens is 232 g/mol. The predicted molar refractivity (Wildman–Crippen MR) is 67.0 cm³/mol. The van der Waals surface area contributed by atoms with E-state index in [-0.39, 0.29) is 17.4 Å². The topological polar surface area (TPSA) is 58.6 Å². The van der Waals surface area contributed by atoms with Crippen molar-refractivity contribution in [1.29, 1.82) is 0 Å². The van der Waals surface area contributed by atoms with Crippen LogP contribution in [0.2, 0.25) is 0 Å². The van der Waals surface area contributed by atoms with Crippen LogP contribution >= 0.6 is 0 Å². The molecule has 0 spiro atoms. The molecule has 2 unspecified atom stereocenters. The lowest BCUT2D eigenvalue weighted by molar-refractivity contribution is -0.156. The Morgan fingerprint density at radius 3 is 2.61 bits per heavy atom. The van der Waals surface area contributed by atoms with Crippen molar-refractivity contribution in [3.63, 3.8) is 0 Å². The maximum Gasteiger partial charge on any atom is 0.248 e. The lowest BCUT2D eigenvalue weighted by Gasteiger charge is -2.44. The molecule has 0 aromatic carbocycles. The first-order chi connectivity index (χ1) is 8.25. The van der Waals surface area contributed by atoms with E-state index in [0.717, 1.165) is 19.4 Å². The first-order valence-corrected chi connectivity index (χ1v) is 6.52. The van der Waals surface area contributed by atoms with Gasteiger partial charge in [0.1, 0.15) is 11.6 Å². The number of hydrogen-bond donors (Lipinski definition) is 1. The number of carbonyl (C=O) groups excluding carboxylic acids is 2. The fourth-order valence-corrected chi connectivity index (χ4v) is 2.67. The van der Waals surface area contributed by atoms with Crippen LogP contribution in [0.25, 0.3) is 0 Å². The van der Waals surface area contributed by atoms with Gasteiger partial charge in [0.25, 0.3) is 0 Å². The quantitative estimate of drug-likeness (QED) is 0.788. The van der Waals surface area contributed by atoms with Gasteiger partial charge in [-0.1, -0.05) is 0 Å². The van der Waals surface area contributed by atoms with Crippen LogP contribution in [-0.4, -0.2) is 47.0 Å². The molecule has 0 radical (unpaired) electrons. The van der Waals surface area contributed by atoms with E-state index >= 15 is 0 Å². The van der Waals surface area contributed by atoms with Gasteiger partial charge in [0.15, 0.2) is 0 Å². The number of nitrogens with one attached hydrogen (secondary N) is 1. The fraction of sp³-hybridized carbons (Fsp3) is 0.846.